The lowest BCUT2D eigenvalue weighted by molar-refractivity contribution is -0.148. The first-order valence-electron chi connectivity index (χ1n) is 18.7. The Morgan fingerprint density at radius 2 is 1.55 bits per heavy atom. The molecular weight excluding hydrogens is 685 g/mol. The van der Waals surface area contributed by atoms with Gasteiger partial charge >= 0.3 is 5.97 Å². The van der Waals surface area contributed by atoms with Gasteiger partial charge in [-0.05, 0) is 30.4 Å². The number of halogens is 1. The molecule has 2 rings (SSSR count). The van der Waals surface area contributed by atoms with E-state index in [1.54, 1.807) is 50.2 Å². The number of alkyl halides is 1. The number of likely N-dealkylation sites (tertiary alicyclic amines) is 1. The van der Waals surface area contributed by atoms with Crippen LogP contribution in [-0.4, -0.2) is 128 Å². The number of aliphatic carboxylic acids is 1. The second kappa shape index (κ2) is 21.3. The molecule has 10 atom stereocenters. The average molecular weight is 750 g/mol. The fourth-order valence-electron chi connectivity index (χ4n) is 7.37. The molecule has 2 unspecified atom stereocenters. The maximum Gasteiger partial charge on any atom is 0.326 e. The first-order chi connectivity index (χ1) is 24.9. The molecule has 1 aliphatic heterocycles. The van der Waals surface area contributed by atoms with Crippen molar-refractivity contribution in [1.82, 2.24) is 25.8 Å². The third-order valence-electron chi connectivity index (χ3n) is 10.6. The summed E-state index contributed by atoms with van der Waals surface area (Å²) < 4.78 is 26.8. The Hall–Kier alpha value is -3.62. The number of nitrogens with one attached hydrogen (secondary N) is 3. The summed E-state index contributed by atoms with van der Waals surface area (Å²) in [7, 11) is 6.19. The van der Waals surface area contributed by atoms with Crippen LogP contribution in [0.25, 0.3) is 0 Å². The molecular formula is C39H64FN5O8. The van der Waals surface area contributed by atoms with Gasteiger partial charge in [0.15, 0.2) is 0 Å². The van der Waals surface area contributed by atoms with Crippen LogP contribution < -0.4 is 16.0 Å². The fourth-order valence-corrected chi connectivity index (χ4v) is 7.37. The number of likely N-dealkylation sites (N-methyl/N-ethyl adjacent to an activating group) is 2. The zero-order chi connectivity index (χ0) is 40.2. The van der Waals surface area contributed by atoms with E-state index < -0.39 is 72.3 Å². The zero-order valence-corrected chi connectivity index (χ0v) is 33.4. The monoisotopic (exact) mass is 749 g/mol. The molecule has 1 fully saturated rings. The van der Waals surface area contributed by atoms with Gasteiger partial charge in [0, 0.05) is 34.1 Å². The third-order valence-corrected chi connectivity index (χ3v) is 10.6. The van der Waals surface area contributed by atoms with Crippen molar-refractivity contribution in [2.45, 2.75) is 123 Å². The summed E-state index contributed by atoms with van der Waals surface area (Å²) in [6.07, 6.45) is -2.63. The highest BCUT2D eigenvalue weighted by Crippen LogP contribution is 2.31. The summed E-state index contributed by atoms with van der Waals surface area (Å²) in [6.45, 7) is 12.8. The SMILES string of the molecule is CC[C@H](C)C([C@@H](CC(=O)N1C[C@@H](F)C[C@H]1[C@H](OC)[C@@H](C)C(=O)N[C@@H](Cc1ccccc1)C(=O)O)OC)N(C)C(=O)[C@@H](NC(=O)C(NC)C(C)C)C(C)C. The first kappa shape index (κ1) is 45.5. The Labute approximate surface area is 315 Å². The topological polar surface area (TPSA) is 167 Å². The average Bonchev–Trinajstić information content (AvgIpc) is 3.50. The molecule has 300 valence electrons. The van der Waals surface area contributed by atoms with E-state index >= 15 is 4.39 Å². The largest absolute Gasteiger partial charge is 0.480 e. The number of benzene rings is 1. The molecule has 1 aromatic rings. The van der Waals surface area contributed by atoms with Crippen molar-refractivity contribution >= 4 is 29.6 Å². The molecule has 1 aliphatic rings. The van der Waals surface area contributed by atoms with Crippen LogP contribution in [0.5, 0.6) is 0 Å². The molecule has 0 radical (unpaired) electrons. The van der Waals surface area contributed by atoms with Crippen LogP contribution >= 0.6 is 0 Å². The van der Waals surface area contributed by atoms with Gasteiger partial charge in [0.05, 0.1) is 49.2 Å². The van der Waals surface area contributed by atoms with E-state index in [4.69, 9.17) is 9.47 Å². The molecule has 0 aliphatic carbocycles. The van der Waals surface area contributed by atoms with Crippen LogP contribution in [0.1, 0.15) is 73.3 Å². The standard InChI is InChI=1S/C39H64FN5O8/c1-12-24(6)34(44(9)38(49)33(23(4)5)43-37(48)32(41-8)22(2)3)30(52-10)20-31(46)45-21-27(40)19-29(45)35(53-11)25(7)36(47)42-28(39(50)51)18-26-16-14-13-15-17-26/h13-17,22-25,27-30,32-35,41H,12,18-21H2,1-11H3,(H,42,47)(H,43,48)(H,50,51)/t24-,25+,27-,28-,29-,30+,32?,33-,34?,35+/m0/s1. The van der Waals surface area contributed by atoms with Gasteiger partial charge in [0.1, 0.15) is 18.3 Å². The number of carbonyl (C=O) groups excluding carboxylic acids is 4. The number of nitrogens with zero attached hydrogens (tertiary/aromatic N) is 2. The summed E-state index contributed by atoms with van der Waals surface area (Å²) in [4.78, 5) is 69.8. The smallest absolute Gasteiger partial charge is 0.326 e. The van der Waals surface area contributed by atoms with Crippen LogP contribution in [0.4, 0.5) is 4.39 Å². The molecule has 1 saturated heterocycles. The molecule has 13 nitrogen and oxygen atoms in total. The summed E-state index contributed by atoms with van der Waals surface area (Å²) in [6, 6.07) is 4.99. The van der Waals surface area contributed by atoms with Crippen LogP contribution in [0.2, 0.25) is 0 Å². The van der Waals surface area contributed by atoms with E-state index in [1.807, 2.05) is 47.6 Å². The number of hydrogen-bond donors (Lipinski definition) is 4. The lowest BCUT2D eigenvalue weighted by Crippen LogP contribution is -2.59. The Bertz CT molecular complexity index is 1350. The third kappa shape index (κ3) is 12.2. The van der Waals surface area contributed by atoms with Crippen LogP contribution in [0.15, 0.2) is 30.3 Å². The summed E-state index contributed by atoms with van der Waals surface area (Å²) in [5.74, 6) is -4.12. The van der Waals surface area contributed by atoms with Gasteiger partial charge in [-0.2, -0.15) is 0 Å². The molecule has 1 aromatic carbocycles. The second-order valence-electron chi connectivity index (χ2n) is 15.1. The van der Waals surface area contributed by atoms with E-state index in [1.165, 1.54) is 19.1 Å². The van der Waals surface area contributed by atoms with Crippen molar-refractivity contribution in [2.75, 3.05) is 34.9 Å². The number of carboxylic acid groups (broad SMARTS) is 1. The Morgan fingerprint density at radius 1 is 0.943 bits per heavy atom. The van der Waals surface area contributed by atoms with Crippen LogP contribution in [0, 0.1) is 23.7 Å². The van der Waals surface area contributed by atoms with Crippen LogP contribution in [0.3, 0.4) is 0 Å². The molecule has 4 amide bonds. The number of amides is 4. The quantitative estimate of drug-likeness (QED) is 0.148. The van der Waals surface area contributed by atoms with E-state index in [0.29, 0.717) is 6.42 Å². The number of methoxy groups -OCH3 is 2. The number of ether oxygens (including phenoxy) is 2. The van der Waals surface area contributed by atoms with Gasteiger partial charge in [-0.1, -0.05) is 85.2 Å². The molecule has 53 heavy (non-hydrogen) atoms. The minimum absolute atomic E-state index is 0.00732. The summed E-state index contributed by atoms with van der Waals surface area (Å²) in [5.41, 5.74) is 0.734. The van der Waals surface area contributed by atoms with Crippen molar-refractivity contribution in [1.29, 1.82) is 0 Å². The van der Waals surface area contributed by atoms with Crippen molar-refractivity contribution in [3.8, 4) is 0 Å². The summed E-state index contributed by atoms with van der Waals surface area (Å²) in [5, 5.41) is 18.4. The molecule has 4 N–H and O–H groups in total. The highest BCUT2D eigenvalue weighted by atomic mass is 19.1. The Morgan fingerprint density at radius 3 is 2.04 bits per heavy atom. The molecule has 14 heteroatoms. The van der Waals surface area contributed by atoms with Gasteiger partial charge in [-0.25, -0.2) is 9.18 Å². The van der Waals surface area contributed by atoms with Gasteiger partial charge in [-0.3, -0.25) is 19.2 Å². The molecule has 1 heterocycles. The Kier molecular flexibility index (Phi) is 18.3. The highest BCUT2D eigenvalue weighted by Gasteiger charge is 2.46. The lowest BCUT2D eigenvalue weighted by atomic mass is 9.89. The molecule has 0 aromatic heterocycles. The van der Waals surface area contributed by atoms with Gasteiger partial charge in [0.2, 0.25) is 23.6 Å². The van der Waals surface area contributed by atoms with Crippen molar-refractivity contribution in [3.05, 3.63) is 35.9 Å². The van der Waals surface area contributed by atoms with Crippen molar-refractivity contribution in [3.63, 3.8) is 0 Å². The van der Waals surface area contributed by atoms with E-state index in [2.05, 4.69) is 16.0 Å². The predicted molar refractivity (Wildman–Crippen MR) is 201 cm³/mol. The Balaban J connectivity index is 2.31. The van der Waals surface area contributed by atoms with E-state index in [9.17, 15) is 29.1 Å². The molecule has 0 spiro atoms. The maximum atomic E-state index is 15.1. The minimum Gasteiger partial charge on any atom is -0.480 e. The number of rotatable bonds is 21. The summed E-state index contributed by atoms with van der Waals surface area (Å²) >= 11 is 0. The molecule has 0 saturated carbocycles. The lowest BCUT2D eigenvalue weighted by Gasteiger charge is -2.41. The zero-order valence-electron chi connectivity index (χ0n) is 33.4. The first-order valence-corrected chi connectivity index (χ1v) is 18.7. The number of carbonyl (C=O) groups is 5. The fraction of sp³-hybridized carbons (Fsp3) is 0.718. The second-order valence-corrected chi connectivity index (χ2v) is 15.1. The maximum absolute atomic E-state index is 15.1. The van der Waals surface area contributed by atoms with Crippen molar-refractivity contribution < 1.29 is 42.9 Å². The van der Waals surface area contributed by atoms with Crippen molar-refractivity contribution in [2.24, 2.45) is 23.7 Å². The van der Waals surface area contributed by atoms with E-state index in [-0.39, 0.29) is 55.4 Å². The predicted octanol–water partition coefficient (Wildman–Crippen LogP) is 3.05. The van der Waals surface area contributed by atoms with Crippen LogP contribution in [-0.2, 0) is 39.9 Å². The number of carboxylic acids is 1. The highest BCUT2D eigenvalue weighted by molar-refractivity contribution is 5.90. The van der Waals surface area contributed by atoms with Gasteiger partial charge in [-0.15, -0.1) is 0 Å². The van der Waals surface area contributed by atoms with Gasteiger partial charge < -0.3 is 40.3 Å². The van der Waals surface area contributed by atoms with E-state index in [0.717, 1.165) is 5.56 Å². The molecule has 0 bridgehead atoms. The number of hydrogen-bond acceptors (Lipinski definition) is 8. The van der Waals surface area contributed by atoms with Gasteiger partial charge in [0.25, 0.3) is 0 Å². The normalized spacial score (nSPS) is 20.5. The minimum atomic E-state index is -1.37.